The number of carboxylic acids is 1. The average Bonchev–Trinajstić information content (AvgIpc) is 3.40. The number of carbonyl (C=O) groups is 1. The molecule has 0 amide bonds. The number of imidazole rings is 1. The summed E-state index contributed by atoms with van der Waals surface area (Å²) < 4.78 is 6.79. The number of H-pyrrole nitrogens is 1. The number of aryl methyl sites for hydroxylation is 1. The summed E-state index contributed by atoms with van der Waals surface area (Å²) in [7, 11) is 2.29. The Morgan fingerprint density at radius 2 is 1.82 bits per heavy atom. The molecule has 1 aliphatic heterocycles. The van der Waals surface area contributed by atoms with E-state index >= 15 is 0 Å². The summed E-state index contributed by atoms with van der Waals surface area (Å²) >= 11 is 6.62. The SMILES string of the molecule is Cc1ccc(Oc2nc3cc(-c4ccc([N+]5(C)CCCC5)cc4)c(Cl)cc3[nH]2)cc1C(=O)O. The van der Waals surface area contributed by atoms with Gasteiger partial charge in [0, 0.05) is 18.4 Å². The first kappa shape index (κ1) is 21.5. The van der Waals surface area contributed by atoms with E-state index in [0.29, 0.717) is 16.3 Å². The minimum atomic E-state index is -0.995. The molecule has 1 aromatic heterocycles. The maximum atomic E-state index is 11.4. The van der Waals surface area contributed by atoms with Crippen molar-refractivity contribution in [1.29, 1.82) is 0 Å². The maximum Gasteiger partial charge on any atom is 0.336 e. The molecule has 7 heteroatoms. The summed E-state index contributed by atoms with van der Waals surface area (Å²) in [6.07, 6.45) is 2.54. The van der Waals surface area contributed by atoms with Gasteiger partial charge in [-0.3, -0.25) is 4.48 Å². The summed E-state index contributed by atoms with van der Waals surface area (Å²) in [6.45, 7) is 4.10. The molecule has 0 saturated carbocycles. The van der Waals surface area contributed by atoms with Crippen molar-refractivity contribution in [1.82, 2.24) is 14.5 Å². The number of ether oxygens (including phenoxy) is 1. The van der Waals surface area contributed by atoms with Crippen LogP contribution in [0.15, 0.2) is 54.6 Å². The molecule has 33 heavy (non-hydrogen) atoms. The van der Waals surface area contributed by atoms with Crippen molar-refractivity contribution in [2.24, 2.45) is 0 Å². The Labute approximate surface area is 197 Å². The number of rotatable bonds is 5. The van der Waals surface area contributed by atoms with Gasteiger partial charge >= 0.3 is 5.97 Å². The van der Waals surface area contributed by atoms with Crippen molar-refractivity contribution in [3.05, 3.63) is 70.7 Å². The van der Waals surface area contributed by atoms with Gasteiger partial charge in [0.1, 0.15) is 11.4 Å². The molecule has 4 aromatic rings. The molecule has 0 spiro atoms. The van der Waals surface area contributed by atoms with Crippen molar-refractivity contribution in [3.8, 4) is 22.9 Å². The fourth-order valence-electron chi connectivity index (χ4n) is 4.58. The van der Waals surface area contributed by atoms with Crippen LogP contribution >= 0.6 is 11.6 Å². The molecule has 2 N–H and O–H groups in total. The number of carboxylic acid groups (broad SMARTS) is 1. The molecule has 3 aromatic carbocycles. The van der Waals surface area contributed by atoms with Crippen LogP contribution in [-0.2, 0) is 0 Å². The Balaban J connectivity index is 1.44. The number of aromatic nitrogens is 2. The van der Waals surface area contributed by atoms with Crippen LogP contribution < -0.4 is 9.22 Å². The minimum Gasteiger partial charge on any atom is -0.478 e. The molecular formula is C26H25ClN3O3+. The van der Waals surface area contributed by atoms with Crippen LogP contribution in [0.5, 0.6) is 11.8 Å². The normalized spacial score (nSPS) is 15.1. The monoisotopic (exact) mass is 462 g/mol. The van der Waals surface area contributed by atoms with Crippen molar-refractivity contribution >= 4 is 34.3 Å². The van der Waals surface area contributed by atoms with Crippen molar-refractivity contribution in [2.45, 2.75) is 19.8 Å². The highest BCUT2D eigenvalue weighted by molar-refractivity contribution is 6.34. The fraction of sp³-hybridized carbons (Fsp3) is 0.231. The van der Waals surface area contributed by atoms with Gasteiger partial charge in [0.2, 0.25) is 0 Å². The van der Waals surface area contributed by atoms with Crippen LogP contribution in [0.4, 0.5) is 5.69 Å². The lowest BCUT2D eigenvalue weighted by Gasteiger charge is -2.28. The molecule has 0 bridgehead atoms. The Morgan fingerprint density at radius 3 is 2.52 bits per heavy atom. The Hall–Kier alpha value is -3.35. The molecule has 1 saturated heterocycles. The van der Waals surface area contributed by atoms with Crippen molar-refractivity contribution < 1.29 is 14.6 Å². The second kappa shape index (κ2) is 8.21. The average molecular weight is 463 g/mol. The van der Waals surface area contributed by atoms with Crippen LogP contribution in [0.2, 0.25) is 5.02 Å². The quantitative estimate of drug-likeness (QED) is 0.336. The molecule has 1 aliphatic rings. The fourth-order valence-corrected chi connectivity index (χ4v) is 4.85. The second-order valence-electron chi connectivity index (χ2n) is 8.87. The van der Waals surface area contributed by atoms with Crippen LogP contribution in [0, 0.1) is 6.92 Å². The summed E-state index contributed by atoms with van der Waals surface area (Å²) in [4.78, 5) is 19.0. The molecule has 0 aliphatic carbocycles. The van der Waals surface area contributed by atoms with E-state index in [1.54, 1.807) is 19.1 Å². The second-order valence-corrected chi connectivity index (χ2v) is 9.28. The molecule has 0 atom stereocenters. The number of benzene rings is 3. The zero-order valence-electron chi connectivity index (χ0n) is 18.6. The third-order valence-electron chi connectivity index (χ3n) is 6.56. The number of nitrogens with zero attached hydrogens (tertiary/aromatic N) is 2. The topological polar surface area (TPSA) is 75.2 Å². The lowest BCUT2D eigenvalue weighted by atomic mass is 10.0. The summed E-state index contributed by atoms with van der Waals surface area (Å²) in [5.41, 5.74) is 5.59. The van der Waals surface area contributed by atoms with E-state index < -0.39 is 5.97 Å². The number of quaternary nitrogens is 1. The first-order chi connectivity index (χ1) is 15.8. The number of aromatic amines is 1. The van der Waals surface area contributed by atoms with Gasteiger partial charge in [-0.2, -0.15) is 4.98 Å². The largest absolute Gasteiger partial charge is 0.478 e. The van der Waals surface area contributed by atoms with Crippen LogP contribution in [-0.4, -0.2) is 41.2 Å². The smallest absolute Gasteiger partial charge is 0.336 e. The first-order valence-electron chi connectivity index (χ1n) is 11.0. The van der Waals surface area contributed by atoms with Gasteiger partial charge in [0.05, 0.1) is 41.8 Å². The van der Waals surface area contributed by atoms with E-state index in [-0.39, 0.29) is 11.6 Å². The first-order valence-corrected chi connectivity index (χ1v) is 11.4. The van der Waals surface area contributed by atoms with Gasteiger partial charge in [-0.15, -0.1) is 0 Å². The highest BCUT2D eigenvalue weighted by Gasteiger charge is 2.29. The van der Waals surface area contributed by atoms with Gasteiger partial charge in [-0.05, 0) is 66.6 Å². The third kappa shape index (κ3) is 4.08. The standard InChI is InChI=1S/C26H24ClN3O3/c1-16-5-10-19(13-20(16)25(31)32)33-26-28-23-14-21(22(27)15-24(23)29-26)17-6-8-18(9-7-17)30(2)11-3-4-12-30/h5-10,13-15H,3-4,11-12H2,1-2H3,(H-,28,29,31,32)/p+1. The highest BCUT2D eigenvalue weighted by Crippen LogP contribution is 2.35. The zero-order chi connectivity index (χ0) is 23.2. The molecule has 2 heterocycles. The summed E-state index contributed by atoms with van der Waals surface area (Å²) in [5, 5.41) is 9.96. The molecule has 0 unspecified atom stereocenters. The van der Waals surface area contributed by atoms with Crippen molar-refractivity contribution in [2.75, 3.05) is 20.1 Å². The molecule has 6 nitrogen and oxygen atoms in total. The summed E-state index contributed by atoms with van der Waals surface area (Å²) in [5.74, 6) is -0.594. The van der Waals surface area contributed by atoms with E-state index in [0.717, 1.165) is 26.6 Å². The minimum absolute atomic E-state index is 0.197. The lowest BCUT2D eigenvalue weighted by molar-refractivity contribution is 0.0695. The van der Waals surface area contributed by atoms with Gasteiger partial charge in [0.25, 0.3) is 6.01 Å². The molecule has 1 fully saturated rings. The number of fused-ring (bicyclic) bond motifs is 1. The van der Waals surface area contributed by atoms with Gasteiger partial charge in [0.15, 0.2) is 0 Å². The number of hydrogen-bond donors (Lipinski definition) is 2. The highest BCUT2D eigenvalue weighted by atomic mass is 35.5. The van der Waals surface area contributed by atoms with E-state index in [2.05, 4.69) is 41.3 Å². The molecule has 0 radical (unpaired) electrons. The van der Waals surface area contributed by atoms with E-state index in [1.807, 2.05) is 12.1 Å². The number of nitrogens with one attached hydrogen (secondary N) is 1. The van der Waals surface area contributed by atoms with Gasteiger partial charge in [-0.25, -0.2) is 4.79 Å². The van der Waals surface area contributed by atoms with Gasteiger partial charge < -0.3 is 14.8 Å². The van der Waals surface area contributed by atoms with Crippen LogP contribution in [0.1, 0.15) is 28.8 Å². The van der Waals surface area contributed by atoms with Crippen LogP contribution in [0.25, 0.3) is 22.2 Å². The third-order valence-corrected chi connectivity index (χ3v) is 6.87. The molecule has 168 valence electrons. The number of hydrogen-bond acceptors (Lipinski definition) is 3. The number of halogens is 1. The summed E-state index contributed by atoms with van der Waals surface area (Å²) in [6, 6.07) is 17.6. The number of aromatic carboxylic acids is 1. The Kier molecular flexibility index (Phi) is 5.35. The molecular weight excluding hydrogens is 438 g/mol. The predicted molar refractivity (Wildman–Crippen MR) is 131 cm³/mol. The van der Waals surface area contributed by atoms with E-state index in [9.17, 15) is 9.90 Å². The number of likely N-dealkylation sites (tertiary alicyclic amines) is 1. The van der Waals surface area contributed by atoms with Gasteiger partial charge in [-0.1, -0.05) is 17.7 Å². The van der Waals surface area contributed by atoms with Crippen LogP contribution in [0.3, 0.4) is 0 Å². The Bertz CT molecular complexity index is 1360. The van der Waals surface area contributed by atoms with E-state index in [1.165, 1.54) is 37.7 Å². The predicted octanol–water partition coefficient (Wildman–Crippen LogP) is 6.41. The maximum absolute atomic E-state index is 11.4. The van der Waals surface area contributed by atoms with Crippen molar-refractivity contribution in [3.63, 3.8) is 0 Å². The Morgan fingerprint density at radius 1 is 1.09 bits per heavy atom. The lowest BCUT2D eigenvalue weighted by Crippen LogP contribution is -2.41. The molecule has 5 rings (SSSR count). The van der Waals surface area contributed by atoms with E-state index in [4.69, 9.17) is 16.3 Å². The zero-order valence-corrected chi connectivity index (χ0v) is 19.3.